The number of carbonyl (C=O) groups is 2. The topological polar surface area (TPSA) is 78.0 Å². The third-order valence-corrected chi connectivity index (χ3v) is 5.70. The first-order chi connectivity index (χ1) is 15.8. The molecule has 0 saturated carbocycles. The Bertz CT molecular complexity index is 1120. The number of esters is 1. The fourth-order valence-corrected chi connectivity index (χ4v) is 4.04. The van der Waals surface area contributed by atoms with Crippen molar-refractivity contribution in [2.45, 2.75) is 27.0 Å². The first kappa shape index (κ1) is 24.1. The number of thiazole rings is 1. The summed E-state index contributed by atoms with van der Waals surface area (Å²) in [5, 5.41) is 0.218. The van der Waals surface area contributed by atoms with Gasteiger partial charge in [0.15, 0.2) is 16.6 Å². The Morgan fingerprint density at radius 2 is 1.85 bits per heavy atom. The van der Waals surface area contributed by atoms with Crippen molar-refractivity contribution in [3.8, 4) is 11.5 Å². The van der Waals surface area contributed by atoms with Gasteiger partial charge in [0, 0.05) is 0 Å². The number of aryl methyl sites for hydroxylation is 1. The number of benzene rings is 2. The molecule has 0 saturated heterocycles. The second-order valence-electron chi connectivity index (χ2n) is 6.72. The summed E-state index contributed by atoms with van der Waals surface area (Å²) in [6.07, 6.45) is 0. The fourth-order valence-electron chi connectivity index (χ4n) is 3.08. The average molecular weight is 477 g/mol. The second-order valence-corrected chi connectivity index (χ2v) is 7.70. The molecule has 0 atom stereocenters. The molecule has 0 N–H and O–H groups in total. The number of para-hydroxylation sites is 1. The molecule has 1 amide bonds. The summed E-state index contributed by atoms with van der Waals surface area (Å²) in [5.74, 6) is -1.58. The Kier molecular flexibility index (Phi) is 7.94. The third-order valence-electron chi connectivity index (χ3n) is 4.54. The lowest BCUT2D eigenvalue weighted by Gasteiger charge is -2.22. The molecule has 2 aromatic carbocycles. The lowest BCUT2D eigenvalue weighted by atomic mass is 10.1. The maximum Gasteiger partial charge on any atom is 0.387 e. The van der Waals surface area contributed by atoms with Gasteiger partial charge in [-0.15, -0.1) is 0 Å². The Hall–Kier alpha value is -3.53. The largest absolute Gasteiger partial charge is 0.493 e. The van der Waals surface area contributed by atoms with E-state index in [0.717, 1.165) is 16.9 Å². The highest BCUT2D eigenvalue weighted by Crippen LogP contribution is 2.36. The van der Waals surface area contributed by atoms with Gasteiger partial charge in [0.25, 0.3) is 5.91 Å². The third kappa shape index (κ3) is 5.64. The molecular weight excluding hydrogens is 454 g/mol. The fraction of sp³-hybridized carbons (Fsp3) is 0.261. The first-order valence-corrected chi connectivity index (χ1v) is 10.8. The predicted octanol–water partition coefficient (Wildman–Crippen LogP) is 5.09. The second kappa shape index (κ2) is 10.9. The number of carbonyl (C=O) groups excluding carboxylic acids is 2. The van der Waals surface area contributed by atoms with Crippen molar-refractivity contribution < 1.29 is 32.6 Å². The van der Waals surface area contributed by atoms with Gasteiger partial charge < -0.3 is 14.2 Å². The van der Waals surface area contributed by atoms with Gasteiger partial charge in [-0.1, -0.05) is 47.7 Å². The summed E-state index contributed by atoms with van der Waals surface area (Å²) in [6.45, 7) is 0.436. The monoisotopic (exact) mass is 476 g/mol. The quantitative estimate of drug-likeness (QED) is 0.401. The molecule has 0 bridgehead atoms. The molecular formula is C23H22F2N2O5S. The molecule has 33 heavy (non-hydrogen) atoms. The summed E-state index contributed by atoms with van der Waals surface area (Å²) in [7, 11) is 1.29. The van der Waals surface area contributed by atoms with Crippen molar-refractivity contribution in [2.24, 2.45) is 0 Å². The summed E-state index contributed by atoms with van der Waals surface area (Å²) in [4.78, 5) is 31.9. The molecule has 0 fully saturated rings. The van der Waals surface area contributed by atoms with Crippen LogP contribution in [0.1, 0.15) is 38.2 Å². The number of amides is 1. The molecule has 10 heteroatoms. The normalized spacial score (nSPS) is 10.7. The van der Waals surface area contributed by atoms with Gasteiger partial charge in [0.2, 0.25) is 0 Å². The van der Waals surface area contributed by atoms with Crippen molar-refractivity contribution in [3.05, 3.63) is 70.2 Å². The van der Waals surface area contributed by atoms with Crippen LogP contribution in [0.25, 0.3) is 0 Å². The van der Waals surface area contributed by atoms with Gasteiger partial charge in [-0.05, 0) is 31.5 Å². The average Bonchev–Trinajstić information content (AvgIpc) is 3.19. The lowest BCUT2D eigenvalue weighted by Crippen LogP contribution is -2.31. The van der Waals surface area contributed by atoms with Crippen molar-refractivity contribution >= 4 is 28.3 Å². The summed E-state index contributed by atoms with van der Waals surface area (Å²) < 4.78 is 41.0. The van der Waals surface area contributed by atoms with E-state index in [4.69, 9.17) is 9.47 Å². The maximum absolute atomic E-state index is 13.6. The zero-order valence-electron chi connectivity index (χ0n) is 18.2. The van der Waals surface area contributed by atoms with E-state index in [0.29, 0.717) is 5.69 Å². The molecule has 174 valence electrons. The number of hydrogen-bond donors (Lipinski definition) is 0. The molecule has 0 unspecified atom stereocenters. The number of anilines is 1. The molecule has 1 aromatic heterocycles. The van der Waals surface area contributed by atoms with Crippen molar-refractivity contribution in [1.82, 2.24) is 4.98 Å². The van der Waals surface area contributed by atoms with E-state index in [-0.39, 0.29) is 40.2 Å². The highest BCUT2D eigenvalue weighted by molar-refractivity contribution is 7.17. The van der Waals surface area contributed by atoms with Crippen LogP contribution in [-0.4, -0.2) is 37.2 Å². The zero-order chi connectivity index (χ0) is 24.0. The molecule has 0 radical (unpaired) electrons. The SMILES string of the molecule is CCOC(=O)c1sc(N(Cc2ccccc2)C(=O)c2cccc(OC)c2OC(F)F)nc1C. The number of nitrogens with zero attached hydrogens (tertiary/aromatic N) is 2. The van der Waals surface area contributed by atoms with Gasteiger partial charge in [0.05, 0.1) is 31.5 Å². The van der Waals surface area contributed by atoms with E-state index in [1.54, 1.807) is 13.8 Å². The van der Waals surface area contributed by atoms with Gasteiger partial charge in [0.1, 0.15) is 4.88 Å². The number of hydrogen-bond acceptors (Lipinski definition) is 7. The molecule has 1 heterocycles. The van der Waals surface area contributed by atoms with E-state index in [1.807, 2.05) is 30.3 Å². The molecule has 0 aliphatic carbocycles. The lowest BCUT2D eigenvalue weighted by molar-refractivity contribution is -0.0515. The van der Waals surface area contributed by atoms with Crippen molar-refractivity contribution in [3.63, 3.8) is 0 Å². The predicted molar refractivity (Wildman–Crippen MR) is 119 cm³/mol. The molecule has 0 spiro atoms. The molecule has 7 nitrogen and oxygen atoms in total. The Morgan fingerprint density at radius 3 is 2.48 bits per heavy atom. The molecule has 3 aromatic rings. The van der Waals surface area contributed by atoms with Gasteiger partial charge in [-0.25, -0.2) is 9.78 Å². The van der Waals surface area contributed by atoms with Gasteiger partial charge >= 0.3 is 12.6 Å². The molecule has 0 aliphatic rings. The standard InChI is InChI=1S/C23H22F2N2O5S/c1-4-31-21(29)19-14(2)26-23(33-19)27(13-15-9-6-5-7-10-15)20(28)16-11-8-12-17(30-3)18(16)32-22(24)25/h5-12,22H,4,13H2,1-3H3. The smallest absolute Gasteiger partial charge is 0.387 e. The van der Waals surface area contributed by atoms with Crippen LogP contribution in [0, 0.1) is 6.92 Å². The summed E-state index contributed by atoms with van der Waals surface area (Å²) >= 11 is 0.987. The van der Waals surface area contributed by atoms with Crippen LogP contribution in [0.5, 0.6) is 11.5 Å². The van der Waals surface area contributed by atoms with Crippen LogP contribution in [0.3, 0.4) is 0 Å². The van der Waals surface area contributed by atoms with Gasteiger partial charge in [-0.2, -0.15) is 8.78 Å². The van der Waals surface area contributed by atoms with Crippen LogP contribution in [0.2, 0.25) is 0 Å². The van der Waals surface area contributed by atoms with E-state index in [9.17, 15) is 18.4 Å². The molecule has 3 rings (SSSR count). The Balaban J connectivity index is 2.09. The highest BCUT2D eigenvalue weighted by Gasteiger charge is 2.29. The number of alkyl halides is 2. The van der Waals surface area contributed by atoms with Crippen LogP contribution in [0.15, 0.2) is 48.5 Å². The number of halogens is 2. The van der Waals surface area contributed by atoms with E-state index in [2.05, 4.69) is 9.72 Å². The number of rotatable bonds is 9. The number of aromatic nitrogens is 1. The van der Waals surface area contributed by atoms with E-state index in [1.165, 1.54) is 30.2 Å². The zero-order valence-corrected chi connectivity index (χ0v) is 19.0. The van der Waals surface area contributed by atoms with Crippen LogP contribution < -0.4 is 14.4 Å². The van der Waals surface area contributed by atoms with Crippen LogP contribution in [-0.2, 0) is 11.3 Å². The van der Waals surface area contributed by atoms with Gasteiger partial charge in [-0.3, -0.25) is 9.69 Å². The first-order valence-electron chi connectivity index (χ1n) is 9.97. The Labute approximate surface area is 193 Å². The number of methoxy groups -OCH3 is 1. The van der Waals surface area contributed by atoms with E-state index >= 15 is 0 Å². The summed E-state index contributed by atoms with van der Waals surface area (Å²) in [6, 6.07) is 13.4. The minimum absolute atomic E-state index is 0.0108. The Morgan fingerprint density at radius 1 is 1.12 bits per heavy atom. The number of ether oxygens (including phenoxy) is 3. The van der Waals surface area contributed by atoms with Crippen molar-refractivity contribution in [1.29, 1.82) is 0 Å². The molecule has 0 aliphatic heterocycles. The van der Waals surface area contributed by atoms with Crippen molar-refractivity contribution in [2.75, 3.05) is 18.6 Å². The van der Waals surface area contributed by atoms with E-state index < -0.39 is 18.5 Å². The highest BCUT2D eigenvalue weighted by atomic mass is 32.1. The minimum Gasteiger partial charge on any atom is -0.493 e. The maximum atomic E-state index is 13.6. The van der Waals surface area contributed by atoms with Crippen LogP contribution in [0.4, 0.5) is 13.9 Å². The van der Waals surface area contributed by atoms with Crippen LogP contribution >= 0.6 is 11.3 Å². The minimum atomic E-state index is -3.16. The summed E-state index contributed by atoms with van der Waals surface area (Å²) in [5.41, 5.74) is 1.04.